The van der Waals surface area contributed by atoms with Crippen LogP contribution in [-0.4, -0.2) is 17.5 Å². The van der Waals surface area contributed by atoms with E-state index in [-0.39, 0.29) is 17.9 Å². The van der Waals surface area contributed by atoms with Gasteiger partial charge in [0, 0.05) is 6.07 Å². The van der Waals surface area contributed by atoms with E-state index in [9.17, 15) is 14.9 Å². The summed E-state index contributed by atoms with van der Waals surface area (Å²) in [5, 5.41) is 10.7. The Hall–Kier alpha value is -2.17. The zero-order chi connectivity index (χ0) is 12.1. The largest absolute Gasteiger partial charge is 0.458 e. The molecule has 0 spiro atoms. The minimum atomic E-state index is -0.716. The van der Waals surface area contributed by atoms with Gasteiger partial charge >= 0.3 is 5.97 Å². The molecular weight excluding hydrogens is 210 g/mol. The number of carbonyl (C=O) groups is 1. The van der Waals surface area contributed by atoms with E-state index in [1.807, 2.05) is 0 Å². The van der Waals surface area contributed by atoms with Gasteiger partial charge in [0.2, 0.25) is 0 Å². The molecule has 0 aliphatic carbocycles. The van der Waals surface area contributed by atoms with Crippen LogP contribution < -0.4 is 0 Å². The lowest BCUT2D eigenvalue weighted by molar-refractivity contribution is -0.385. The van der Waals surface area contributed by atoms with Crippen molar-refractivity contribution in [3.63, 3.8) is 0 Å². The molecule has 84 valence electrons. The molecule has 0 saturated carbocycles. The molecule has 0 unspecified atom stereocenters. The minimum absolute atomic E-state index is 0.0316. The van der Waals surface area contributed by atoms with Gasteiger partial charge in [0.25, 0.3) is 5.69 Å². The summed E-state index contributed by atoms with van der Waals surface area (Å²) in [7, 11) is 0. The van der Waals surface area contributed by atoms with E-state index in [4.69, 9.17) is 4.74 Å². The predicted octanol–water partition coefficient (Wildman–Crippen LogP) is 2.25. The standard InChI is InChI=1S/C11H11NO4/c1-3-6-16-11(13)9-5-4-8(2)7-10(9)12(14)15/h3-5,7H,1,6H2,2H3. The summed E-state index contributed by atoms with van der Waals surface area (Å²) in [6, 6.07) is 4.35. The first-order valence-electron chi connectivity index (χ1n) is 4.59. The molecule has 1 rings (SSSR count). The summed E-state index contributed by atoms with van der Waals surface area (Å²) < 4.78 is 4.75. The van der Waals surface area contributed by atoms with E-state index < -0.39 is 10.9 Å². The maximum atomic E-state index is 11.5. The molecule has 0 heterocycles. The lowest BCUT2D eigenvalue weighted by Gasteiger charge is -2.03. The SMILES string of the molecule is C=CCOC(=O)c1ccc(C)cc1[N+](=O)[O-]. The van der Waals surface area contributed by atoms with Crippen LogP contribution in [-0.2, 0) is 4.74 Å². The number of ether oxygens (including phenoxy) is 1. The van der Waals surface area contributed by atoms with Crippen molar-refractivity contribution in [1.82, 2.24) is 0 Å². The van der Waals surface area contributed by atoms with Gasteiger partial charge in [-0.05, 0) is 18.6 Å². The molecule has 0 N–H and O–H groups in total. The molecular formula is C11H11NO4. The van der Waals surface area contributed by atoms with Crippen LogP contribution in [0.4, 0.5) is 5.69 Å². The van der Waals surface area contributed by atoms with Gasteiger partial charge in [0.05, 0.1) is 4.92 Å². The monoisotopic (exact) mass is 221 g/mol. The summed E-state index contributed by atoms with van der Waals surface area (Å²) in [5.74, 6) is -0.716. The van der Waals surface area contributed by atoms with Crippen molar-refractivity contribution < 1.29 is 14.5 Å². The number of esters is 1. The fraction of sp³-hybridized carbons (Fsp3) is 0.182. The Kier molecular flexibility index (Phi) is 3.77. The fourth-order valence-corrected chi connectivity index (χ4v) is 1.18. The summed E-state index contributed by atoms with van der Waals surface area (Å²) >= 11 is 0. The van der Waals surface area contributed by atoms with Crippen LogP contribution in [0.15, 0.2) is 30.9 Å². The van der Waals surface area contributed by atoms with Crippen LogP contribution in [0, 0.1) is 17.0 Å². The highest BCUT2D eigenvalue weighted by Gasteiger charge is 2.20. The molecule has 0 aliphatic heterocycles. The molecule has 5 nitrogen and oxygen atoms in total. The van der Waals surface area contributed by atoms with Crippen LogP contribution in [0.2, 0.25) is 0 Å². The number of nitrogens with zero attached hydrogens (tertiary/aromatic N) is 1. The van der Waals surface area contributed by atoms with Gasteiger partial charge in [-0.1, -0.05) is 18.7 Å². The third-order valence-electron chi connectivity index (χ3n) is 1.90. The summed E-state index contributed by atoms with van der Waals surface area (Å²) in [6.07, 6.45) is 1.40. The van der Waals surface area contributed by atoms with Crippen molar-refractivity contribution >= 4 is 11.7 Å². The minimum Gasteiger partial charge on any atom is -0.458 e. The van der Waals surface area contributed by atoms with Crippen molar-refractivity contribution in [3.05, 3.63) is 52.1 Å². The predicted molar refractivity (Wildman–Crippen MR) is 58.3 cm³/mol. The van der Waals surface area contributed by atoms with E-state index in [0.717, 1.165) is 0 Å². The Balaban J connectivity index is 3.07. The first kappa shape index (κ1) is 11.9. The summed E-state index contributed by atoms with van der Waals surface area (Å²) in [6.45, 7) is 5.13. The normalized spacial score (nSPS) is 9.56. The molecule has 0 atom stereocenters. The van der Waals surface area contributed by atoms with Crippen molar-refractivity contribution in [1.29, 1.82) is 0 Å². The maximum absolute atomic E-state index is 11.5. The first-order chi connectivity index (χ1) is 7.56. The van der Waals surface area contributed by atoms with Crippen LogP contribution in [0.5, 0.6) is 0 Å². The van der Waals surface area contributed by atoms with Gasteiger partial charge in [0.1, 0.15) is 12.2 Å². The van der Waals surface area contributed by atoms with Crippen LogP contribution >= 0.6 is 0 Å². The molecule has 0 aliphatic rings. The second-order valence-corrected chi connectivity index (χ2v) is 3.16. The van der Waals surface area contributed by atoms with Gasteiger partial charge in [0.15, 0.2) is 0 Å². The summed E-state index contributed by atoms with van der Waals surface area (Å²) in [4.78, 5) is 21.6. The van der Waals surface area contributed by atoms with Gasteiger partial charge in [-0.15, -0.1) is 0 Å². The zero-order valence-electron chi connectivity index (χ0n) is 8.80. The number of carbonyl (C=O) groups excluding carboxylic acids is 1. The number of nitro benzene ring substituents is 1. The average molecular weight is 221 g/mol. The molecule has 0 radical (unpaired) electrons. The number of hydrogen-bond donors (Lipinski definition) is 0. The van der Waals surface area contributed by atoms with Crippen LogP contribution in [0.25, 0.3) is 0 Å². The van der Waals surface area contributed by atoms with E-state index >= 15 is 0 Å². The van der Waals surface area contributed by atoms with E-state index in [1.165, 1.54) is 18.2 Å². The van der Waals surface area contributed by atoms with Gasteiger partial charge in [-0.3, -0.25) is 10.1 Å². The molecule has 0 fully saturated rings. The fourth-order valence-electron chi connectivity index (χ4n) is 1.18. The molecule has 5 heteroatoms. The third-order valence-corrected chi connectivity index (χ3v) is 1.90. The molecule has 0 saturated heterocycles. The van der Waals surface area contributed by atoms with Crippen molar-refractivity contribution in [2.75, 3.05) is 6.61 Å². The Bertz CT molecular complexity index is 440. The Morgan fingerprint density at radius 1 is 1.62 bits per heavy atom. The Morgan fingerprint density at radius 3 is 2.88 bits per heavy atom. The highest BCUT2D eigenvalue weighted by molar-refractivity contribution is 5.94. The summed E-state index contributed by atoms with van der Waals surface area (Å²) in [5.41, 5.74) is 0.429. The second kappa shape index (κ2) is 5.06. The average Bonchev–Trinajstić information content (AvgIpc) is 2.25. The first-order valence-corrected chi connectivity index (χ1v) is 4.59. The molecule has 0 bridgehead atoms. The lowest BCUT2D eigenvalue weighted by atomic mass is 10.1. The number of hydrogen-bond acceptors (Lipinski definition) is 4. The topological polar surface area (TPSA) is 69.4 Å². The van der Waals surface area contributed by atoms with Crippen LogP contribution in [0.3, 0.4) is 0 Å². The van der Waals surface area contributed by atoms with Gasteiger partial charge < -0.3 is 4.74 Å². The van der Waals surface area contributed by atoms with E-state index in [2.05, 4.69) is 6.58 Å². The van der Waals surface area contributed by atoms with E-state index in [1.54, 1.807) is 13.0 Å². The molecule has 1 aromatic carbocycles. The smallest absolute Gasteiger partial charge is 0.345 e. The molecule has 0 amide bonds. The van der Waals surface area contributed by atoms with Crippen molar-refractivity contribution in [2.45, 2.75) is 6.92 Å². The number of rotatable bonds is 4. The number of nitro groups is 1. The maximum Gasteiger partial charge on any atom is 0.345 e. The highest BCUT2D eigenvalue weighted by atomic mass is 16.6. The zero-order valence-corrected chi connectivity index (χ0v) is 8.80. The quantitative estimate of drug-likeness (QED) is 0.338. The Morgan fingerprint density at radius 2 is 2.31 bits per heavy atom. The number of aryl methyl sites for hydroxylation is 1. The third kappa shape index (κ3) is 2.66. The molecule has 0 aromatic heterocycles. The molecule has 16 heavy (non-hydrogen) atoms. The highest BCUT2D eigenvalue weighted by Crippen LogP contribution is 2.20. The van der Waals surface area contributed by atoms with Crippen molar-refractivity contribution in [2.24, 2.45) is 0 Å². The Labute approximate surface area is 92.5 Å². The van der Waals surface area contributed by atoms with E-state index in [0.29, 0.717) is 5.56 Å². The number of benzene rings is 1. The van der Waals surface area contributed by atoms with Crippen molar-refractivity contribution in [3.8, 4) is 0 Å². The van der Waals surface area contributed by atoms with Gasteiger partial charge in [-0.25, -0.2) is 4.79 Å². The van der Waals surface area contributed by atoms with Crippen LogP contribution in [0.1, 0.15) is 15.9 Å². The second-order valence-electron chi connectivity index (χ2n) is 3.16. The lowest BCUT2D eigenvalue weighted by Crippen LogP contribution is -2.08. The van der Waals surface area contributed by atoms with Gasteiger partial charge in [-0.2, -0.15) is 0 Å². The molecule has 1 aromatic rings.